The smallest absolute Gasteiger partial charge is 0.229 e. The average Bonchev–Trinajstić information content (AvgIpc) is 2.82. The third-order valence-corrected chi connectivity index (χ3v) is 3.39. The molecule has 0 aliphatic heterocycles. The van der Waals surface area contributed by atoms with Crippen LogP contribution in [0.3, 0.4) is 0 Å². The highest BCUT2D eigenvalue weighted by molar-refractivity contribution is 6.11. The second-order valence-corrected chi connectivity index (χ2v) is 5.00. The number of benzene rings is 2. The Kier molecular flexibility index (Phi) is 3.74. The van der Waals surface area contributed by atoms with E-state index in [4.69, 9.17) is 4.74 Å². The van der Waals surface area contributed by atoms with E-state index in [9.17, 15) is 4.79 Å². The van der Waals surface area contributed by atoms with E-state index in [0.717, 1.165) is 0 Å². The van der Waals surface area contributed by atoms with E-state index in [0.29, 0.717) is 28.5 Å². The third kappa shape index (κ3) is 2.63. The molecule has 0 aliphatic rings. The van der Waals surface area contributed by atoms with Gasteiger partial charge in [-0.15, -0.1) is 0 Å². The van der Waals surface area contributed by atoms with Crippen LogP contribution in [0.1, 0.15) is 21.6 Å². The van der Waals surface area contributed by atoms with Crippen molar-refractivity contribution in [1.82, 2.24) is 9.78 Å². The second-order valence-electron chi connectivity index (χ2n) is 5.00. The van der Waals surface area contributed by atoms with Gasteiger partial charge in [-0.25, -0.2) is 4.68 Å². The first-order chi connectivity index (χ1) is 10.7. The zero-order valence-corrected chi connectivity index (χ0v) is 12.5. The number of carbonyl (C=O) groups is 1. The maximum atomic E-state index is 12.8. The quantitative estimate of drug-likeness (QED) is 0.688. The Morgan fingerprint density at radius 3 is 2.23 bits per heavy atom. The highest BCUT2D eigenvalue weighted by atomic mass is 16.5. The minimum atomic E-state index is -0.0860. The van der Waals surface area contributed by atoms with Crippen molar-refractivity contribution in [2.75, 3.05) is 0 Å². The van der Waals surface area contributed by atoms with Crippen LogP contribution in [-0.4, -0.2) is 15.6 Å². The summed E-state index contributed by atoms with van der Waals surface area (Å²) in [5.41, 5.74) is 1.77. The van der Waals surface area contributed by atoms with Gasteiger partial charge in [0.15, 0.2) is 5.78 Å². The minimum Gasteiger partial charge on any atom is -0.439 e. The molecule has 3 aromatic rings. The molecule has 0 bridgehead atoms. The fourth-order valence-electron chi connectivity index (χ4n) is 2.35. The van der Waals surface area contributed by atoms with Gasteiger partial charge in [-0.2, -0.15) is 5.10 Å². The van der Waals surface area contributed by atoms with Gasteiger partial charge in [0.25, 0.3) is 0 Å². The molecule has 2 aromatic carbocycles. The molecule has 0 spiro atoms. The molecule has 110 valence electrons. The van der Waals surface area contributed by atoms with Crippen molar-refractivity contribution in [3.63, 3.8) is 0 Å². The van der Waals surface area contributed by atoms with Crippen LogP contribution in [-0.2, 0) is 7.05 Å². The van der Waals surface area contributed by atoms with Crippen molar-refractivity contribution in [2.45, 2.75) is 6.92 Å². The molecule has 0 saturated heterocycles. The van der Waals surface area contributed by atoms with Crippen LogP contribution >= 0.6 is 0 Å². The first-order valence-electron chi connectivity index (χ1n) is 7.03. The summed E-state index contributed by atoms with van der Waals surface area (Å²) in [6, 6.07) is 18.5. The van der Waals surface area contributed by atoms with Crippen LogP contribution in [0.4, 0.5) is 0 Å². The molecule has 4 nitrogen and oxygen atoms in total. The summed E-state index contributed by atoms with van der Waals surface area (Å²) < 4.78 is 7.48. The SMILES string of the molecule is Cc1nn(C)c(Oc2ccccc2)c1C(=O)c1ccccc1. The first-order valence-corrected chi connectivity index (χ1v) is 7.03. The average molecular weight is 292 g/mol. The Hall–Kier alpha value is -2.88. The topological polar surface area (TPSA) is 44.1 Å². The maximum Gasteiger partial charge on any atom is 0.229 e. The number of hydrogen-bond donors (Lipinski definition) is 0. The van der Waals surface area contributed by atoms with Gasteiger partial charge >= 0.3 is 0 Å². The first kappa shape index (κ1) is 14.1. The minimum absolute atomic E-state index is 0.0860. The molecule has 1 heterocycles. The van der Waals surface area contributed by atoms with Gasteiger partial charge in [0, 0.05) is 12.6 Å². The van der Waals surface area contributed by atoms with Crippen molar-refractivity contribution >= 4 is 5.78 Å². The Bertz CT molecular complexity index is 793. The van der Waals surface area contributed by atoms with Crippen LogP contribution in [0.5, 0.6) is 11.6 Å². The molecular formula is C18H16N2O2. The summed E-state index contributed by atoms with van der Waals surface area (Å²) in [6.45, 7) is 1.81. The summed E-state index contributed by atoms with van der Waals surface area (Å²) in [6.07, 6.45) is 0. The molecule has 1 aromatic heterocycles. The third-order valence-electron chi connectivity index (χ3n) is 3.39. The molecule has 3 rings (SSSR count). The molecule has 0 aliphatic carbocycles. The van der Waals surface area contributed by atoms with Crippen LogP contribution in [0.2, 0.25) is 0 Å². The normalized spacial score (nSPS) is 10.5. The number of ketones is 1. The van der Waals surface area contributed by atoms with Crippen molar-refractivity contribution in [1.29, 1.82) is 0 Å². The molecule has 22 heavy (non-hydrogen) atoms. The fourth-order valence-corrected chi connectivity index (χ4v) is 2.35. The number of para-hydroxylation sites is 1. The van der Waals surface area contributed by atoms with Gasteiger partial charge in [-0.3, -0.25) is 4.79 Å². The number of rotatable bonds is 4. The van der Waals surface area contributed by atoms with Gasteiger partial charge in [0.2, 0.25) is 5.88 Å². The highest BCUT2D eigenvalue weighted by Gasteiger charge is 2.23. The second kappa shape index (κ2) is 5.85. The molecular weight excluding hydrogens is 276 g/mol. The lowest BCUT2D eigenvalue weighted by Crippen LogP contribution is -2.04. The Balaban J connectivity index is 2.03. The van der Waals surface area contributed by atoms with Crippen molar-refractivity contribution in [3.05, 3.63) is 77.5 Å². The van der Waals surface area contributed by atoms with E-state index in [-0.39, 0.29) is 5.78 Å². The molecule has 0 radical (unpaired) electrons. The zero-order valence-electron chi connectivity index (χ0n) is 12.5. The maximum absolute atomic E-state index is 12.8. The lowest BCUT2D eigenvalue weighted by atomic mass is 10.0. The molecule has 0 amide bonds. The molecule has 0 unspecified atom stereocenters. The number of hydrogen-bond acceptors (Lipinski definition) is 3. The van der Waals surface area contributed by atoms with E-state index in [1.54, 1.807) is 23.9 Å². The predicted molar refractivity (Wildman–Crippen MR) is 84.3 cm³/mol. The molecule has 0 saturated carbocycles. The summed E-state index contributed by atoms with van der Waals surface area (Å²) >= 11 is 0. The van der Waals surface area contributed by atoms with Crippen molar-refractivity contribution in [2.24, 2.45) is 7.05 Å². The number of nitrogens with zero attached hydrogens (tertiary/aromatic N) is 2. The monoisotopic (exact) mass is 292 g/mol. The Morgan fingerprint density at radius 1 is 1.00 bits per heavy atom. The fraction of sp³-hybridized carbons (Fsp3) is 0.111. The van der Waals surface area contributed by atoms with E-state index < -0.39 is 0 Å². The van der Waals surface area contributed by atoms with Gasteiger partial charge in [-0.05, 0) is 19.1 Å². The number of aromatic nitrogens is 2. The van der Waals surface area contributed by atoms with Gasteiger partial charge in [0.05, 0.1) is 5.69 Å². The van der Waals surface area contributed by atoms with E-state index in [1.165, 1.54) is 0 Å². The lowest BCUT2D eigenvalue weighted by Gasteiger charge is -2.08. The van der Waals surface area contributed by atoms with Crippen molar-refractivity contribution in [3.8, 4) is 11.6 Å². The summed E-state index contributed by atoms with van der Waals surface area (Å²) in [5, 5.41) is 4.32. The van der Waals surface area contributed by atoms with Crippen LogP contribution in [0, 0.1) is 6.92 Å². The molecule has 0 fully saturated rings. The Labute approximate surface area is 129 Å². The predicted octanol–water partition coefficient (Wildman–Crippen LogP) is 3.75. The van der Waals surface area contributed by atoms with Gasteiger partial charge < -0.3 is 4.74 Å². The van der Waals surface area contributed by atoms with E-state index in [2.05, 4.69) is 5.10 Å². The van der Waals surface area contributed by atoms with Gasteiger partial charge in [-0.1, -0.05) is 48.5 Å². The molecule has 0 N–H and O–H groups in total. The summed E-state index contributed by atoms with van der Waals surface area (Å²) in [4.78, 5) is 12.8. The van der Waals surface area contributed by atoms with Crippen LogP contribution in [0.25, 0.3) is 0 Å². The summed E-state index contributed by atoms with van der Waals surface area (Å²) in [7, 11) is 1.77. The molecule has 4 heteroatoms. The van der Waals surface area contributed by atoms with Crippen LogP contribution < -0.4 is 4.74 Å². The number of carbonyl (C=O) groups excluding carboxylic acids is 1. The molecule has 0 atom stereocenters. The standard InChI is InChI=1S/C18H16N2O2/c1-13-16(17(21)14-9-5-3-6-10-14)18(20(2)19-13)22-15-11-7-4-8-12-15/h3-12H,1-2H3. The number of aryl methyl sites for hydroxylation is 2. The van der Waals surface area contributed by atoms with Crippen LogP contribution in [0.15, 0.2) is 60.7 Å². The number of ether oxygens (including phenoxy) is 1. The van der Waals surface area contributed by atoms with E-state index >= 15 is 0 Å². The largest absolute Gasteiger partial charge is 0.439 e. The zero-order chi connectivity index (χ0) is 15.5. The summed E-state index contributed by atoms with van der Waals surface area (Å²) in [5.74, 6) is 1.04. The highest BCUT2D eigenvalue weighted by Crippen LogP contribution is 2.29. The van der Waals surface area contributed by atoms with Gasteiger partial charge in [0.1, 0.15) is 11.3 Å². The van der Waals surface area contributed by atoms with E-state index in [1.807, 2.05) is 55.5 Å². The lowest BCUT2D eigenvalue weighted by molar-refractivity contribution is 0.103. The Morgan fingerprint density at radius 2 is 1.59 bits per heavy atom. The van der Waals surface area contributed by atoms with Crippen molar-refractivity contribution < 1.29 is 9.53 Å².